The van der Waals surface area contributed by atoms with Crippen molar-refractivity contribution in [2.24, 2.45) is 0 Å². The first-order chi connectivity index (χ1) is 9.50. The maximum Gasteiger partial charge on any atom is 0.348 e. The number of halogens is 1. The minimum Gasteiger partial charge on any atom is -0.308 e. The quantitative estimate of drug-likeness (QED) is 0.896. The minimum atomic E-state index is -0.186. The molecule has 6 heteroatoms. The molecule has 0 spiro atoms. The average molecular weight is 356 g/mol. The van der Waals surface area contributed by atoms with E-state index in [1.807, 2.05) is 19.9 Å². The lowest BCUT2D eigenvalue weighted by molar-refractivity contribution is 0.516. The largest absolute Gasteiger partial charge is 0.348 e. The zero-order valence-corrected chi connectivity index (χ0v) is 14.2. The van der Waals surface area contributed by atoms with Gasteiger partial charge in [-0.15, -0.1) is 11.3 Å². The monoisotopic (exact) mass is 355 g/mol. The zero-order chi connectivity index (χ0) is 14.7. The van der Waals surface area contributed by atoms with Gasteiger partial charge >= 0.3 is 5.69 Å². The van der Waals surface area contributed by atoms with Gasteiger partial charge in [-0.1, -0.05) is 6.07 Å². The molecule has 0 aliphatic heterocycles. The Balaban J connectivity index is 2.02. The normalized spacial score (nSPS) is 12.6. The number of thiophene rings is 1. The van der Waals surface area contributed by atoms with Crippen LogP contribution < -0.4 is 11.0 Å². The summed E-state index contributed by atoms with van der Waals surface area (Å²) in [4.78, 5) is 17.2. The summed E-state index contributed by atoms with van der Waals surface area (Å²) in [5.74, 6) is 0. The predicted molar refractivity (Wildman–Crippen MR) is 86.4 cm³/mol. The maximum atomic E-state index is 11.9. The van der Waals surface area contributed by atoms with Gasteiger partial charge < -0.3 is 5.32 Å². The number of aromatic nitrogens is 2. The molecule has 0 saturated carbocycles. The van der Waals surface area contributed by atoms with Gasteiger partial charge in [0.1, 0.15) is 0 Å². The SMILES string of the molecule is Cc1nc(=O)n(CCNC(C)c2cccs2)c(C)c1Br. The molecule has 0 aliphatic carbocycles. The number of aryl methyl sites for hydroxylation is 1. The Morgan fingerprint density at radius 3 is 2.90 bits per heavy atom. The van der Waals surface area contributed by atoms with E-state index in [4.69, 9.17) is 0 Å². The highest BCUT2D eigenvalue weighted by molar-refractivity contribution is 9.10. The van der Waals surface area contributed by atoms with E-state index < -0.39 is 0 Å². The van der Waals surface area contributed by atoms with Gasteiger partial charge in [0.15, 0.2) is 0 Å². The first-order valence-corrected chi connectivity index (χ1v) is 8.18. The van der Waals surface area contributed by atoms with Crippen molar-refractivity contribution in [3.63, 3.8) is 0 Å². The highest BCUT2D eigenvalue weighted by atomic mass is 79.9. The third kappa shape index (κ3) is 3.37. The summed E-state index contributed by atoms with van der Waals surface area (Å²) in [5, 5.41) is 5.50. The Morgan fingerprint density at radius 2 is 2.25 bits per heavy atom. The van der Waals surface area contributed by atoms with Gasteiger partial charge in [-0.25, -0.2) is 4.79 Å². The molecule has 4 nitrogen and oxygen atoms in total. The van der Waals surface area contributed by atoms with Crippen LogP contribution in [0.15, 0.2) is 26.8 Å². The predicted octanol–water partition coefficient (Wildman–Crippen LogP) is 3.03. The van der Waals surface area contributed by atoms with Crippen LogP contribution in [-0.4, -0.2) is 16.1 Å². The zero-order valence-electron chi connectivity index (χ0n) is 11.8. The first-order valence-electron chi connectivity index (χ1n) is 6.51. The molecule has 2 aromatic rings. The second-order valence-corrected chi connectivity index (χ2v) is 6.49. The summed E-state index contributed by atoms with van der Waals surface area (Å²) in [5.41, 5.74) is 1.48. The Kier molecular flexibility index (Phi) is 5.12. The molecule has 0 saturated heterocycles. The van der Waals surface area contributed by atoms with Crippen LogP contribution in [0.5, 0.6) is 0 Å². The molecular formula is C14H18BrN3OS. The molecule has 2 aromatic heterocycles. The molecule has 1 N–H and O–H groups in total. The van der Waals surface area contributed by atoms with Crippen molar-refractivity contribution in [2.45, 2.75) is 33.4 Å². The fraction of sp³-hybridized carbons (Fsp3) is 0.429. The summed E-state index contributed by atoms with van der Waals surface area (Å²) in [6, 6.07) is 4.46. The molecular weight excluding hydrogens is 338 g/mol. The van der Waals surface area contributed by atoms with Crippen molar-refractivity contribution < 1.29 is 0 Å². The van der Waals surface area contributed by atoms with Crippen LogP contribution in [0.1, 0.15) is 29.2 Å². The van der Waals surface area contributed by atoms with Crippen molar-refractivity contribution in [2.75, 3.05) is 6.54 Å². The third-order valence-electron chi connectivity index (χ3n) is 3.29. The highest BCUT2D eigenvalue weighted by Crippen LogP contribution is 2.18. The molecule has 0 aromatic carbocycles. The summed E-state index contributed by atoms with van der Waals surface area (Å²) in [6.07, 6.45) is 0. The van der Waals surface area contributed by atoms with Gasteiger partial charge in [-0.2, -0.15) is 4.98 Å². The van der Waals surface area contributed by atoms with Crippen molar-refractivity contribution in [3.05, 3.63) is 48.7 Å². The van der Waals surface area contributed by atoms with Crippen LogP contribution in [-0.2, 0) is 6.54 Å². The van der Waals surface area contributed by atoms with Gasteiger partial charge in [-0.05, 0) is 48.1 Å². The van der Waals surface area contributed by atoms with E-state index in [1.165, 1.54) is 4.88 Å². The molecule has 20 heavy (non-hydrogen) atoms. The maximum absolute atomic E-state index is 11.9. The van der Waals surface area contributed by atoms with Crippen molar-refractivity contribution in [1.29, 1.82) is 0 Å². The van der Waals surface area contributed by atoms with Crippen LogP contribution in [0.2, 0.25) is 0 Å². The van der Waals surface area contributed by atoms with Crippen LogP contribution in [0.3, 0.4) is 0 Å². The average Bonchev–Trinajstić information content (AvgIpc) is 2.94. The number of nitrogens with one attached hydrogen (secondary N) is 1. The van der Waals surface area contributed by atoms with Gasteiger partial charge in [0.2, 0.25) is 0 Å². The third-order valence-corrected chi connectivity index (χ3v) is 5.49. The van der Waals surface area contributed by atoms with Gasteiger partial charge in [0, 0.05) is 29.7 Å². The molecule has 2 rings (SSSR count). The van der Waals surface area contributed by atoms with Crippen molar-refractivity contribution >= 4 is 27.3 Å². The second-order valence-electron chi connectivity index (χ2n) is 4.72. The van der Waals surface area contributed by atoms with Crippen LogP contribution in [0, 0.1) is 13.8 Å². The van der Waals surface area contributed by atoms with E-state index in [9.17, 15) is 4.79 Å². The van der Waals surface area contributed by atoms with Gasteiger partial charge in [0.25, 0.3) is 0 Å². The van der Waals surface area contributed by atoms with Crippen molar-refractivity contribution in [1.82, 2.24) is 14.9 Å². The lowest BCUT2D eigenvalue weighted by Crippen LogP contribution is -2.31. The van der Waals surface area contributed by atoms with E-state index in [0.29, 0.717) is 12.6 Å². The molecule has 1 atom stereocenters. The standard InChI is InChI=1S/C14H18BrN3OS/c1-9(12-5-4-8-20-12)16-6-7-18-11(3)13(15)10(2)17-14(18)19/h4-5,8-9,16H,6-7H2,1-3H3. The summed E-state index contributed by atoms with van der Waals surface area (Å²) >= 11 is 5.21. The Bertz CT molecular complexity index is 637. The fourth-order valence-corrected chi connectivity index (χ4v) is 3.13. The lowest BCUT2D eigenvalue weighted by Gasteiger charge is -2.15. The van der Waals surface area contributed by atoms with Crippen LogP contribution >= 0.6 is 27.3 Å². The second kappa shape index (κ2) is 6.65. The topological polar surface area (TPSA) is 46.9 Å². The van der Waals surface area contributed by atoms with Gasteiger partial charge in [0.05, 0.1) is 10.2 Å². The molecule has 0 aliphatic rings. The number of rotatable bonds is 5. The van der Waals surface area contributed by atoms with E-state index >= 15 is 0 Å². The number of hydrogen-bond donors (Lipinski definition) is 1. The Morgan fingerprint density at radius 1 is 1.50 bits per heavy atom. The molecule has 0 radical (unpaired) electrons. The number of nitrogens with zero attached hydrogens (tertiary/aromatic N) is 2. The molecule has 0 fully saturated rings. The van der Waals surface area contributed by atoms with Gasteiger partial charge in [-0.3, -0.25) is 4.57 Å². The van der Waals surface area contributed by atoms with E-state index in [2.05, 4.69) is 44.6 Å². The lowest BCUT2D eigenvalue weighted by atomic mass is 10.3. The molecule has 0 bridgehead atoms. The first kappa shape index (κ1) is 15.4. The molecule has 2 heterocycles. The summed E-state index contributed by atoms with van der Waals surface area (Å²) in [6.45, 7) is 7.25. The van der Waals surface area contributed by atoms with E-state index in [1.54, 1.807) is 15.9 Å². The van der Waals surface area contributed by atoms with Crippen LogP contribution in [0.25, 0.3) is 0 Å². The molecule has 108 valence electrons. The molecule has 0 amide bonds. The van der Waals surface area contributed by atoms with E-state index in [-0.39, 0.29) is 5.69 Å². The Hall–Kier alpha value is -0.980. The summed E-state index contributed by atoms with van der Waals surface area (Å²) in [7, 11) is 0. The molecule has 1 unspecified atom stereocenters. The van der Waals surface area contributed by atoms with Crippen molar-refractivity contribution in [3.8, 4) is 0 Å². The van der Waals surface area contributed by atoms with E-state index in [0.717, 1.165) is 22.4 Å². The number of hydrogen-bond acceptors (Lipinski definition) is 4. The van der Waals surface area contributed by atoms with Crippen LogP contribution in [0.4, 0.5) is 0 Å². The minimum absolute atomic E-state index is 0.186. The fourth-order valence-electron chi connectivity index (χ4n) is 2.07. The summed E-state index contributed by atoms with van der Waals surface area (Å²) < 4.78 is 2.61. The Labute approximate surface area is 131 Å². The highest BCUT2D eigenvalue weighted by Gasteiger charge is 2.10. The smallest absolute Gasteiger partial charge is 0.308 e.